The Labute approximate surface area is 133 Å². The molecule has 6 nitrogen and oxygen atoms in total. The number of esters is 1. The zero-order chi connectivity index (χ0) is 16.2. The third-order valence-electron chi connectivity index (χ3n) is 3.54. The standard InChI is InChI=1S/C17H17N3O3/c1-12(22-2)10-23-17(21)13-7-8-16(18-9-13)20-11-19-14-5-3-4-6-15(14)20/h3-9,11-12H,10H2,1-2H3/t12-/m1/s1. The van der Waals surface area contributed by atoms with Crippen LogP contribution in [0.25, 0.3) is 16.9 Å². The maximum absolute atomic E-state index is 11.9. The molecule has 0 aliphatic rings. The van der Waals surface area contributed by atoms with E-state index in [4.69, 9.17) is 9.47 Å². The summed E-state index contributed by atoms with van der Waals surface area (Å²) in [4.78, 5) is 20.6. The highest BCUT2D eigenvalue weighted by molar-refractivity contribution is 5.89. The van der Waals surface area contributed by atoms with Crippen molar-refractivity contribution in [1.82, 2.24) is 14.5 Å². The van der Waals surface area contributed by atoms with Crippen LogP contribution in [0, 0.1) is 0 Å². The van der Waals surface area contributed by atoms with Gasteiger partial charge in [0.15, 0.2) is 0 Å². The highest BCUT2D eigenvalue weighted by Crippen LogP contribution is 2.16. The first kappa shape index (κ1) is 15.2. The van der Waals surface area contributed by atoms with Crippen LogP contribution in [0.3, 0.4) is 0 Å². The van der Waals surface area contributed by atoms with Crippen LogP contribution < -0.4 is 0 Å². The monoisotopic (exact) mass is 311 g/mol. The molecule has 1 aromatic carbocycles. The molecule has 1 atom stereocenters. The van der Waals surface area contributed by atoms with Crippen molar-refractivity contribution in [3.63, 3.8) is 0 Å². The number of imidazole rings is 1. The summed E-state index contributed by atoms with van der Waals surface area (Å²) in [5, 5.41) is 0. The molecule has 0 saturated carbocycles. The molecule has 0 N–H and O–H groups in total. The normalized spacial score (nSPS) is 12.3. The highest BCUT2D eigenvalue weighted by Gasteiger charge is 2.11. The molecular weight excluding hydrogens is 294 g/mol. The van der Waals surface area contributed by atoms with E-state index in [0.717, 1.165) is 11.0 Å². The summed E-state index contributed by atoms with van der Waals surface area (Å²) in [6, 6.07) is 11.3. The lowest BCUT2D eigenvalue weighted by Gasteiger charge is -2.10. The van der Waals surface area contributed by atoms with Gasteiger partial charge in [0, 0.05) is 13.3 Å². The molecule has 2 aromatic heterocycles. The summed E-state index contributed by atoms with van der Waals surface area (Å²) >= 11 is 0. The zero-order valence-corrected chi connectivity index (χ0v) is 13.0. The quantitative estimate of drug-likeness (QED) is 0.678. The van der Waals surface area contributed by atoms with E-state index < -0.39 is 5.97 Å². The number of para-hydroxylation sites is 2. The molecule has 6 heteroatoms. The molecule has 0 fully saturated rings. The first-order chi connectivity index (χ1) is 11.2. The Bertz CT molecular complexity index is 811. The van der Waals surface area contributed by atoms with E-state index in [1.54, 1.807) is 25.6 Å². The van der Waals surface area contributed by atoms with Gasteiger partial charge >= 0.3 is 5.97 Å². The van der Waals surface area contributed by atoms with E-state index in [0.29, 0.717) is 11.4 Å². The SMILES string of the molecule is CO[C@H](C)COC(=O)c1ccc(-n2cnc3ccccc32)nc1. The Balaban J connectivity index is 1.78. The Morgan fingerprint density at radius 3 is 2.78 bits per heavy atom. The van der Waals surface area contributed by atoms with Crippen LogP contribution in [0.5, 0.6) is 0 Å². The number of hydrogen-bond acceptors (Lipinski definition) is 5. The van der Waals surface area contributed by atoms with Gasteiger partial charge in [-0.2, -0.15) is 0 Å². The van der Waals surface area contributed by atoms with Crippen LogP contribution >= 0.6 is 0 Å². The molecule has 0 unspecified atom stereocenters. The molecule has 118 valence electrons. The average Bonchev–Trinajstić information content (AvgIpc) is 3.03. The second-order valence-corrected chi connectivity index (χ2v) is 5.15. The Morgan fingerprint density at radius 2 is 2.04 bits per heavy atom. The smallest absolute Gasteiger partial charge is 0.339 e. The number of ether oxygens (including phenoxy) is 2. The van der Waals surface area contributed by atoms with E-state index >= 15 is 0 Å². The fourth-order valence-electron chi connectivity index (χ4n) is 2.14. The predicted octanol–water partition coefficient (Wildman–Crippen LogP) is 2.61. The number of carbonyl (C=O) groups is 1. The van der Waals surface area contributed by atoms with Crippen LogP contribution in [0.4, 0.5) is 0 Å². The van der Waals surface area contributed by atoms with Crippen molar-refractivity contribution in [2.75, 3.05) is 13.7 Å². The van der Waals surface area contributed by atoms with Crippen molar-refractivity contribution >= 4 is 17.0 Å². The second-order valence-electron chi connectivity index (χ2n) is 5.15. The molecule has 0 amide bonds. The predicted molar refractivity (Wildman–Crippen MR) is 85.6 cm³/mol. The Kier molecular flexibility index (Phi) is 4.34. The maximum Gasteiger partial charge on any atom is 0.339 e. The highest BCUT2D eigenvalue weighted by atomic mass is 16.6. The molecule has 0 aliphatic heterocycles. The van der Waals surface area contributed by atoms with Gasteiger partial charge in [0.2, 0.25) is 0 Å². The summed E-state index contributed by atoms with van der Waals surface area (Å²) in [7, 11) is 1.57. The summed E-state index contributed by atoms with van der Waals surface area (Å²) < 4.78 is 12.1. The third kappa shape index (κ3) is 3.22. The van der Waals surface area contributed by atoms with Gasteiger partial charge in [0.25, 0.3) is 0 Å². The second kappa shape index (κ2) is 6.58. The van der Waals surface area contributed by atoms with Gasteiger partial charge in [0.05, 0.1) is 22.7 Å². The molecule has 0 aliphatic carbocycles. The van der Waals surface area contributed by atoms with Gasteiger partial charge in [-0.25, -0.2) is 14.8 Å². The lowest BCUT2D eigenvalue weighted by molar-refractivity contribution is 0.0169. The number of carbonyl (C=O) groups excluding carboxylic acids is 1. The van der Waals surface area contributed by atoms with Gasteiger partial charge in [-0.3, -0.25) is 4.57 Å². The Morgan fingerprint density at radius 1 is 1.22 bits per heavy atom. The number of methoxy groups -OCH3 is 1. The topological polar surface area (TPSA) is 66.2 Å². The van der Waals surface area contributed by atoms with Crippen molar-refractivity contribution in [2.45, 2.75) is 13.0 Å². The fourth-order valence-corrected chi connectivity index (χ4v) is 2.14. The number of nitrogens with zero attached hydrogens (tertiary/aromatic N) is 3. The van der Waals surface area contributed by atoms with Crippen molar-refractivity contribution in [3.05, 3.63) is 54.5 Å². The first-order valence-electron chi connectivity index (χ1n) is 7.27. The molecule has 0 radical (unpaired) electrons. The summed E-state index contributed by atoms with van der Waals surface area (Å²) in [6.45, 7) is 2.04. The van der Waals surface area contributed by atoms with Gasteiger partial charge in [-0.05, 0) is 31.2 Å². The molecule has 3 rings (SSSR count). The number of rotatable bonds is 5. The molecule has 3 aromatic rings. The van der Waals surface area contributed by atoms with Crippen LogP contribution in [0.2, 0.25) is 0 Å². The van der Waals surface area contributed by atoms with Gasteiger partial charge in [-0.15, -0.1) is 0 Å². The van der Waals surface area contributed by atoms with E-state index in [2.05, 4.69) is 9.97 Å². The molecule has 0 saturated heterocycles. The summed E-state index contributed by atoms with van der Waals surface area (Å²) in [6.07, 6.45) is 3.08. The number of hydrogen-bond donors (Lipinski definition) is 0. The van der Waals surface area contributed by atoms with Crippen LogP contribution in [0.15, 0.2) is 48.9 Å². The summed E-state index contributed by atoms with van der Waals surface area (Å²) in [5.74, 6) is 0.281. The van der Waals surface area contributed by atoms with Crippen LogP contribution in [-0.2, 0) is 9.47 Å². The fraction of sp³-hybridized carbons (Fsp3) is 0.235. The van der Waals surface area contributed by atoms with Crippen molar-refractivity contribution < 1.29 is 14.3 Å². The molecular formula is C17H17N3O3. The first-order valence-corrected chi connectivity index (χ1v) is 7.27. The number of fused-ring (bicyclic) bond motifs is 1. The summed E-state index contributed by atoms with van der Waals surface area (Å²) in [5.41, 5.74) is 2.26. The molecule has 23 heavy (non-hydrogen) atoms. The molecule has 0 bridgehead atoms. The van der Waals surface area contributed by atoms with Gasteiger partial charge in [-0.1, -0.05) is 12.1 Å². The minimum Gasteiger partial charge on any atom is -0.459 e. The van der Waals surface area contributed by atoms with Crippen molar-refractivity contribution in [2.24, 2.45) is 0 Å². The largest absolute Gasteiger partial charge is 0.459 e. The van der Waals surface area contributed by atoms with Gasteiger partial charge in [0.1, 0.15) is 18.8 Å². The van der Waals surface area contributed by atoms with Crippen molar-refractivity contribution in [3.8, 4) is 5.82 Å². The number of benzene rings is 1. The zero-order valence-electron chi connectivity index (χ0n) is 13.0. The van der Waals surface area contributed by atoms with Crippen LogP contribution in [0.1, 0.15) is 17.3 Å². The third-order valence-corrected chi connectivity index (χ3v) is 3.54. The number of aromatic nitrogens is 3. The van der Waals surface area contributed by atoms with Crippen molar-refractivity contribution in [1.29, 1.82) is 0 Å². The maximum atomic E-state index is 11.9. The lowest BCUT2D eigenvalue weighted by atomic mass is 10.3. The van der Waals surface area contributed by atoms with E-state index in [-0.39, 0.29) is 12.7 Å². The van der Waals surface area contributed by atoms with E-state index in [1.807, 2.05) is 35.8 Å². The lowest BCUT2D eigenvalue weighted by Crippen LogP contribution is -2.17. The average molecular weight is 311 g/mol. The molecule has 2 heterocycles. The Hall–Kier alpha value is -2.73. The number of pyridine rings is 1. The molecule has 0 spiro atoms. The van der Waals surface area contributed by atoms with E-state index in [1.165, 1.54) is 6.20 Å². The van der Waals surface area contributed by atoms with Crippen LogP contribution in [-0.4, -0.2) is 40.3 Å². The van der Waals surface area contributed by atoms with Gasteiger partial charge < -0.3 is 9.47 Å². The minimum atomic E-state index is -0.413. The minimum absolute atomic E-state index is 0.136. The van der Waals surface area contributed by atoms with E-state index in [9.17, 15) is 4.79 Å².